The second kappa shape index (κ2) is 7.15. The van der Waals surface area contributed by atoms with Gasteiger partial charge in [-0.25, -0.2) is 4.98 Å². The van der Waals surface area contributed by atoms with E-state index in [1.54, 1.807) is 6.07 Å². The first-order chi connectivity index (χ1) is 13.0. The van der Waals surface area contributed by atoms with Crippen LogP contribution in [0.25, 0.3) is 0 Å². The Bertz CT molecular complexity index is 912. The lowest BCUT2D eigenvalue weighted by Gasteiger charge is -2.16. The van der Waals surface area contributed by atoms with Gasteiger partial charge in [-0.15, -0.1) is 0 Å². The van der Waals surface area contributed by atoms with Crippen molar-refractivity contribution in [3.05, 3.63) is 40.7 Å². The number of carbonyl (C=O) groups is 2. The molecular weight excluding hydrogens is 358 g/mol. The van der Waals surface area contributed by atoms with Gasteiger partial charge >= 0.3 is 0 Å². The number of benzene rings is 1. The third-order valence-corrected chi connectivity index (χ3v) is 6.82. The molecule has 1 fully saturated rings. The molecule has 6 heteroatoms. The number of nitrogens with one attached hydrogen (secondary N) is 1. The maximum atomic E-state index is 12.8. The van der Waals surface area contributed by atoms with Gasteiger partial charge < -0.3 is 9.88 Å². The molecule has 1 aromatic heterocycles. The van der Waals surface area contributed by atoms with Crippen molar-refractivity contribution in [2.75, 3.05) is 11.1 Å². The lowest BCUT2D eigenvalue weighted by Crippen LogP contribution is -2.10. The highest BCUT2D eigenvalue weighted by Gasteiger charge is 2.28. The molecule has 142 valence electrons. The summed E-state index contributed by atoms with van der Waals surface area (Å²) in [4.78, 5) is 29.3. The predicted molar refractivity (Wildman–Crippen MR) is 108 cm³/mol. The van der Waals surface area contributed by atoms with E-state index in [2.05, 4.69) is 16.8 Å². The first-order valence-electron chi connectivity index (χ1n) is 9.62. The van der Waals surface area contributed by atoms with E-state index in [1.165, 1.54) is 43.1 Å². The second-order valence-electron chi connectivity index (χ2n) is 7.60. The Kier molecular flexibility index (Phi) is 4.84. The molecule has 1 saturated carbocycles. The molecule has 2 heterocycles. The van der Waals surface area contributed by atoms with Crippen molar-refractivity contribution >= 4 is 29.1 Å². The number of anilines is 1. The summed E-state index contributed by atoms with van der Waals surface area (Å²) >= 11 is 1.53. The van der Waals surface area contributed by atoms with Crippen molar-refractivity contribution in [3.63, 3.8) is 0 Å². The highest BCUT2D eigenvalue weighted by atomic mass is 32.2. The lowest BCUT2D eigenvalue weighted by molar-refractivity contribution is -0.116. The summed E-state index contributed by atoms with van der Waals surface area (Å²) in [6.45, 7) is 6.03. The van der Waals surface area contributed by atoms with Crippen molar-refractivity contribution in [1.82, 2.24) is 9.55 Å². The highest BCUT2D eigenvalue weighted by molar-refractivity contribution is 7.99. The van der Waals surface area contributed by atoms with Crippen LogP contribution in [0, 0.1) is 13.8 Å². The number of amides is 1. The van der Waals surface area contributed by atoms with E-state index in [-0.39, 0.29) is 17.6 Å². The molecule has 1 aliphatic carbocycles. The van der Waals surface area contributed by atoms with Crippen molar-refractivity contribution in [1.29, 1.82) is 0 Å². The van der Waals surface area contributed by atoms with Crippen LogP contribution in [0.2, 0.25) is 0 Å². The SMILES string of the molecule is Cc1nc(SCC(=O)c2ccc3c(c2)C(C)C(=O)N3)n(C2CCCC2)c1C. The number of fused-ring (bicyclic) bond motifs is 1. The zero-order valence-corrected chi connectivity index (χ0v) is 16.9. The Hall–Kier alpha value is -2.08. The Labute approximate surface area is 163 Å². The Morgan fingerprint density at radius 2 is 2.04 bits per heavy atom. The van der Waals surface area contributed by atoms with Crippen LogP contribution in [0.1, 0.15) is 71.9 Å². The van der Waals surface area contributed by atoms with Gasteiger partial charge in [0, 0.05) is 23.0 Å². The van der Waals surface area contributed by atoms with E-state index >= 15 is 0 Å². The minimum Gasteiger partial charge on any atom is -0.325 e. The quantitative estimate of drug-likeness (QED) is 0.603. The largest absolute Gasteiger partial charge is 0.325 e. The molecule has 1 unspecified atom stereocenters. The Balaban J connectivity index is 1.51. The number of carbonyl (C=O) groups excluding carboxylic acids is 2. The van der Waals surface area contributed by atoms with Crippen LogP contribution in [-0.2, 0) is 4.79 Å². The number of hydrogen-bond acceptors (Lipinski definition) is 4. The van der Waals surface area contributed by atoms with Crippen molar-refractivity contribution in [2.24, 2.45) is 0 Å². The van der Waals surface area contributed by atoms with Gasteiger partial charge in [0.1, 0.15) is 0 Å². The van der Waals surface area contributed by atoms with Gasteiger partial charge in [-0.2, -0.15) is 0 Å². The number of aryl methyl sites for hydroxylation is 1. The van der Waals surface area contributed by atoms with Gasteiger partial charge in [0.25, 0.3) is 0 Å². The van der Waals surface area contributed by atoms with Crippen LogP contribution >= 0.6 is 11.8 Å². The van der Waals surface area contributed by atoms with Crippen LogP contribution in [0.3, 0.4) is 0 Å². The second-order valence-corrected chi connectivity index (χ2v) is 8.54. The molecule has 1 N–H and O–H groups in total. The number of hydrogen-bond donors (Lipinski definition) is 1. The monoisotopic (exact) mass is 383 g/mol. The molecule has 1 amide bonds. The fraction of sp³-hybridized carbons (Fsp3) is 0.476. The van der Waals surface area contributed by atoms with E-state index in [1.807, 2.05) is 26.0 Å². The third-order valence-electron chi connectivity index (χ3n) is 5.87. The number of rotatable bonds is 5. The summed E-state index contributed by atoms with van der Waals surface area (Å²) < 4.78 is 2.34. The maximum absolute atomic E-state index is 12.8. The molecule has 0 saturated heterocycles. The Morgan fingerprint density at radius 1 is 1.30 bits per heavy atom. The molecule has 2 aliphatic rings. The molecule has 0 spiro atoms. The molecule has 0 bridgehead atoms. The van der Waals surface area contributed by atoms with Crippen molar-refractivity contribution in [3.8, 4) is 0 Å². The van der Waals surface area contributed by atoms with Gasteiger partial charge in [0.2, 0.25) is 5.91 Å². The van der Waals surface area contributed by atoms with Crippen LogP contribution in [-0.4, -0.2) is 27.0 Å². The van der Waals surface area contributed by atoms with Crippen LogP contribution in [0.4, 0.5) is 5.69 Å². The van der Waals surface area contributed by atoms with E-state index in [0.29, 0.717) is 17.4 Å². The average molecular weight is 384 g/mol. The molecule has 1 aromatic carbocycles. The smallest absolute Gasteiger partial charge is 0.231 e. The fourth-order valence-electron chi connectivity index (χ4n) is 4.09. The van der Waals surface area contributed by atoms with Crippen LogP contribution < -0.4 is 5.32 Å². The van der Waals surface area contributed by atoms with E-state index in [9.17, 15) is 9.59 Å². The molecule has 27 heavy (non-hydrogen) atoms. The summed E-state index contributed by atoms with van der Waals surface area (Å²) in [6, 6.07) is 6.02. The average Bonchev–Trinajstić information content (AvgIpc) is 3.34. The zero-order valence-electron chi connectivity index (χ0n) is 16.0. The predicted octanol–water partition coefficient (Wildman–Crippen LogP) is 4.65. The molecule has 0 radical (unpaired) electrons. The number of imidazole rings is 1. The van der Waals surface area contributed by atoms with E-state index < -0.39 is 0 Å². The zero-order chi connectivity index (χ0) is 19.1. The number of Topliss-reactive ketones (excluding diaryl/α,β-unsaturated/α-hetero) is 1. The summed E-state index contributed by atoms with van der Waals surface area (Å²) in [7, 11) is 0. The summed E-state index contributed by atoms with van der Waals surface area (Å²) in [6.07, 6.45) is 4.93. The van der Waals surface area contributed by atoms with Gasteiger partial charge in [-0.1, -0.05) is 24.6 Å². The molecule has 1 aliphatic heterocycles. The third kappa shape index (κ3) is 3.31. The first-order valence-corrected chi connectivity index (χ1v) is 10.6. The van der Waals surface area contributed by atoms with Gasteiger partial charge in [-0.3, -0.25) is 9.59 Å². The summed E-state index contributed by atoms with van der Waals surface area (Å²) in [5.74, 6) is 0.225. The van der Waals surface area contributed by atoms with Gasteiger partial charge in [-0.05, 0) is 57.4 Å². The lowest BCUT2D eigenvalue weighted by atomic mass is 9.99. The van der Waals surface area contributed by atoms with E-state index in [0.717, 1.165) is 22.1 Å². The standard InChI is InChI=1S/C21H25N3O2S/c1-12-17-10-15(8-9-18(17)23-20(12)26)19(25)11-27-21-22-13(2)14(3)24(21)16-6-4-5-7-16/h8-10,12,16H,4-7,11H2,1-3H3,(H,23,26). The fourth-order valence-corrected chi connectivity index (χ4v) is 5.15. The minimum atomic E-state index is -0.202. The highest BCUT2D eigenvalue weighted by Crippen LogP contribution is 2.36. The summed E-state index contributed by atoms with van der Waals surface area (Å²) in [5, 5.41) is 3.81. The molecule has 4 rings (SSSR count). The Morgan fingerprint density at radius 3 is 2.78 bits per heavy atom. The number of nitrogens with zero attached hydrogens (tertiary/aromatic N) is 2. The number of thioether (sulfide) groups is 1. The molecular formula is C21H25N3O2S. The first kappa shape index (κ1) is 18.3. The van der Waals surface area contributed by atoms with Gasteiger partial charge in [0.15, 0.2) is 10.9 Å². The van der Waals surface area contributed by atoms with E-state index in [4.69, 9.17) is 4.98 Å². The molecule has 1 atom stereocenters. The molecule has 2 aromatic rings. The summed E-state index contributed by atoms with van der Waals surface area (Å²) in [5.41, 5.74) is 4.66. The van der Waals surface area contributed by atoms with Gasteiger partial charge in [0.05, 0.1) is 17.4 Å². The van der Waals surface area contributed by atoms with Crippen molar-refractivity contribution in [2.45, 2.75) is 63.6 Å². The van der Waals surface area contributed by atoms with Crippen LogP contribution in [0.5, 0.6) is 0 Å². The van der Waals surface area contributed by atoms with Crippen molar-refractivity contribution < 1.29 is 9.59 Å². The normalized spacial score (nSPS) is 19.4. The number of aromatic nitrogens is 2. The topological polar surface area (TPSA) is 64.0 Å². The molecule has 5 nitrogen and oxygen atoms in total. The number of ketones is 1. The maximum Gasteiger partial charge on any atom is 0.231 e. The van der Waals surface area contributed by atoms with Crippen LogP contribution in [0.15, 0.2) is 23.4 Å². The minimum absolute atomic E-state index is 0.00600.